The number of aromatic nitrogens is 1. The third kappa shape index (κ3) is 5.03. The van der Waals surface area contributed by atoms with Gasteiger partial charge in [0.25, 0.3) is 5.56 Å². The zero-order valence-electron chi connectivity index (χ0n) is 16.1. The van der Waals surface area contributed by atoms with Gasteiger partial charge in [-0.25, -0.2) is 0 Å². The molecule has 1 N–H and O–H groups in total. The lowest BCUT2D eigenvalue weighted by Crippen LogP contribution is -2.36. The van der Waals surface area contributed by atoms with Crippen molar-refractivity contribution in [2.75, 3.05) is 18.0 Å². The summed E-state index contributed by atoms with van der Waals surface area (Å²) in [6.45, 7) is 2.48. The number of anilines is 1. The van der Waals surface area contributed by atoms with Crippen LogP contribution in [-0.4, -0.2) is 29.5 Å². The molecular formula is C22H22ClN3O3. The van der Waals surface area contributed by atoms with Crippen LogP contribution in [0.2, 0.25) is 5.02 Å². The maximum atomic E-state index is 12.5. The number of fused-ring (bicyclic) bond motifs is 1. The van der Waals surface area contributed by atoms with E-state index >= 15 is 0 Å². The first-order chi connectivity index (χ1) is 14.0. The molecule has 0 saturated carbocycles. The number of hydrogen-bond donors (Lipinski definition) is 1. The van der Waals surface area contributed by atoms with Gasteiger partial charge in [-0.15, -0.1) is 0 Å². The molecule has 0 bridgehead atoms. The van der Waals surface area contributed by atoms with E-state index in [1.807, 2.05) is 25.1 Å². The van der Waals surface area contributed by atoms with E-state index in [-0.39, 0.29) is 36.9 Å². The first-order valence-electron chi connectivity index (χ1n) is 9.40. The van der Waals surface area contributed by atoms with Crippen molar-refractivity contribution in [3.63, 3.8) is 0 Å². The van der Waals surface area contributed by atoms with E-state index in [1.165, 1.54) is 4.57 Å². The highest BCUT2D eigenvalue weighted by Gasteiger charge is 2.14. The van der Waals surface area contributed by atoms with Gasteiger partial charge in [0.15, 0.2) is 0 Å². The van der Waals surface area contributed by atoms with Crippen molar-refractivity contribution in [3.8, 4) is 0 Å². The van der Waals surface area contributed by atoms with Gasteiger partial charge in [0.2, 0.25) is 11.8 Å². The number of rotatable bonds is 7. The van der Waals surface area contributed by atoms with Crippen LogP contribution >= 0.6 is 11.6 Å². The summed E-state index contributed by atoms with van der Waals surface area (Å²) in [5, 5.41) is 4.67. The van der Waals surface area contributed by atoms with E-state index in [9.17, 15) is 14.4 Å². The maximum absolute atomic E-state index is 12.5. The van der Waals surface area contributed by atoms with Gasteiger partial charge in [-0.05, 0) is 42.6 Å². The second-order valence-electron chi connectivity index (χ2n) is 6.55. The van der Waals surface area contributed by atoms with Gasteiger partial charge in [0, 0.05) is 41.8 Å². The summed E-state index contributed by atoms with van der Waals surface area (Å²) >= 11 is 6.00. The monoisotopic (exact) mass is 411 g/mol. The van der Waals surface area contributed by atoms with Gasteiger partial charge < -0.3 is 14.8 Å². The Morgan fingerprint density at radius 3 is 2.66 bits per heavy atom. The van der Waals surface area contributed by atoms with Crippen LogP contribution in [0.1, 0.15) is 13.3 Å². The molecule has 0 aliphatic heterocycles. The quantitative estimate of drug-likeness (QED) is 0.648. The fourth-order valence-corrected chi connectivity index (χ4v) is 3.34. The molecule has 3 rings (SSSR count). The van der Waals surface area contributed by atoms with Crippen molar-refractivity contribution in [1.29, 1.82) is 0 Å². The zero-order chi connectivity index (χ0) is 20.8. The Bertz CT molecular complexity index is 1090. The normalized spacial score (nSPS) is 10.7. The number of benzene rings is 2. The molecule has 6 nitrogen and oxygen atoms in total. The van der Waals surface area contributed by atoms with Crippen LogP contribution in [-0.2, 0) is 16.1 Å². The Morgan fingerprint density at radius 1 is 1.10 bits per heavy atom. The Hall–Kier alpha value is -3.12. The summed E-state index contributed by atoms with van der Waals surface area (Å²) < 4.78 is 1.36. The van der Waals surface area contributed by atoms with E-state index in [4.69, 9.17) is 11.6 Å². The smallest absolute Gasteiger partial charge is 0.258 e. The van der Waals surface area contributed by atoms with Gasteiger partial charge in [-0.3, -0.25) is 14.4 Å². The molecule has 0 aliphatic rings. The van der Waals surface area contributed by atoms with Crippen LogP contribution in [0.15, 0.2) is 65.6 Å². The van der Waals surface area contributed by atoms with Gasteiger partial charge in [0.1, 0.15) is 6.54 Å². The van der Waals surface area contributed by atoms with Crippen LogP contribution in [0.5, 0.6) is 0 Å². The predicted octanol–water partition coefficient (Wildman–Crippen LogP) is 3.21. The van der Waals surface area contributed by atoms with Crippen LogP contribution < -0.4 is 15.8 Å². The van der Waals surface area contributed by atoms with Crippen molar-refractivity contribution in [2.24, 2.45) is 0 Å². The summed E-state index contributed by atoms with van der Waals surface area (Å²) in [4.78, 5) is 38.8. The summed E-state index contributed by atoms with van der Waals surface area (Å²) in [6, 6.07) is 16.1. The SMILES string of the molecule is CCN(C(=O)CCNC(=O)Cn1ccc2ccccc2c1=O)c1cccc(Cl)c1. The van der Waals surface area contributed by atoms with E-state index in [0.29, 0.717) is 17.0 Å². The van der Waals surface area contributed by atoms with Crippen molar-refractivity contribution >= 4 is 39.9 Å². The molecule has 2 amide bonds. The number of nitrogens with one attached hydrogen (secondary N) is 1. The van der Waals surface area contributed by atoms with E-state index in [1.54, 1.807) is 47.5 Å². The van der Waals surface area contributed by atoms with E-state index in [0.717, 1.165) is 11.1 Å². The third-order valence-corrected chi connectivity index (χ3v) is 4.83. The van der Waals surface area contributed by atoms with Gasteiger partial charge in [-0.1, -0.05) is 35.9 Å². The summed E-state index contributed by atoms with van der Waals surface area (Å²) in [5.74, 6) is -0.432. The molecule has 7 heteroatoms. The molecule has 0 atom stereocenters. The number of hydrogen-bond acceptors (Lipinski definition) is 3. The topological polar surface area (TPSA) is 71.4 Å². The number of halogens is 1. The fraction of sp³-hybridized carbons (Fsp3) is 0.227. The van der Waals surface area contributed by atoms with Crippen LogP contribution in [0.4, 0.5) is 5.69 Å². The van der Waals surface area contributed by atoms with Gasteiger partial charge in [-0.2, -0.15) is 0 Å². The zero-order valence-corrected chi connectivity index (χ0v) is 16.9. The van der Waals surface area contributed by atoms with Crippen LogP contribution in [0.25, 0.3) is 10.8 Å². The van der Waals surface area contributed by atoms with Gasteiger partial charge >= 0.3 is 0 Å². The second-order valence-corrected chi connectivity index (χ2v) is 6.99. The molecular weight excluding hydrogens is 390 g/mol. The lowest BCUT2D eigenvalue weighted by atomic mass is 10.2. The van der Waals surface area contributed by atoms with E-state index < -0.39 is 0 Å². The lowest BCUT2D eigenvalue weighted by molar-refractivity contribution is -0.122. The number of carbonyl (C=O) groups is 2. The molecule has 1 aromatic heterocycles. The van der Waals surface area contributed by atoms with Crippen LogP contribution in [0, 0.1) is 0 Å². The fourth-order valence-electron chi connectivity index (χ4n) is 3.16. The van der Waals surface area contributed by atoms with Crippen molar-refractivity contribution in [3.05, 3.63) is 76.2 Å². The molecule has 0 aliphatic carbocycles. The largest absolute Gasteiger partial charge is 0.354 e. The van der Waals surface area contributed by atoms with Gasteiger partial charge in [0.05, 0.1) is 0 Å². The minimum Gasteiger partial charge on any atom is -0.354 e. The molecule has 0 fully saturated rings. The highest BCUT2D eigenvalue weighted by atomic mass is 35.5. The molecule has 0 unspecified atom stereocenters. The second kappa shape index (κ2) is 9.39. The summed E-state index contributed by atoms with van der Waals surface area (Å²) in [5.41, 5.74) is 0.506. The highest BCUT2D eigenvalue weighted by molar-refractivity contribution is 6.30. The Kier molecular flexibility index (Phi) is 6.67. The minimum atomic E-state index is -0.319. The average Bonchev–Trinajstić information content (AvgIpc) is 2.71. The molecule has 0 radical (unpaired) electrons. The number of amides is 2. The third-order valence-electron chi connectivity index (χ3n) is 4.60. The molecule has 1 heterocycles. The van der Waals surface area contributed by atoms with E-state index in [2.05, 4.69) is 5.32 Å². The highest BCUT2D eigenvalue weighted by Crippen LogP contribution is 2.20. The number of nitrogens with zero attached hydrogens (tertiary/aromatic N) is 2. The summed E-state index contributed by atoms with van der Waals surface area (Å²) in [6.07, 6.45) is 1.76. The molecule has 3 aromatic rings. The standard InChI is InChI=1S/C22H22ClN3O3/c1-2-26(18-8-5-7-17(23)14-18)21(28)10-12-24-20(27)15-25-13-11-16-6-3-4-9-19(16)22(25)29/h3-9,11,13-14H,2,10,12,15H2,1H3,(H,24,27). The lowest BCUT2D eigenvalue weighted by Gasteiger charge is -2.21. The molecule has 29 heavy (non-hydrogen) atoms. The average molecular weight is 412 g/mol. The van der Waals surface area contributed by atoms with Crippen molar-refractivity contribution in [1.82, 2.24) is 9.88 Å². The molecule has 0 saturated heterocycles. The maximum Gasteiger partial charge on any atom is 0.258 e. The number of pyridine rings is 1. The predicted molar refractivity (Wildman–Crippen MR) is 115 cm³/mol. The first-order valence-corrected chi connectivity index (χ1v) is 9.78. The minimum absolute atomic E-state index is 0.0936. The molecule has 2 aromatic carbocycles. The Balaban J connectivity index is 1.56. The Labute approximate surface area is 173 Å². The van der Waals surface area contributed by atoms with Crippen LogP contribution in [0.3, 0.4) is 0 Å². The van der Waals surface area contributed by atoms with Crippen molar-refractivity contribution < 1.29 is 9.59 Å². The summed E-state index contributed by atoms with van der Waals surface area (Å²) in [7, 11) is 0. The molecule has 150 valence electrons. The Morgan fingerprint density at radius 2 is 1.90 bits per heavy atom. The number of carbonyl (C=O) groups excluding carboxylic acids is 2. The molecule has 0 spiro atoms. The van der Waals surface area contributed by atoms with Crippen molar-refractivity contribution in [2.45, 2.75) is 19.9 Å². The first kappa shape index (κ1) is 20.6.